The number of hydrogen-bond acceptors (Lipinski definition) is 4. The van der Waals surface area contributed by atoms with E-state index in [1.807, 2.05) is 24.3 Å². The van der Waals surface area contributed by atoms with Gasteiger partial charge in [0.15, 0.2) is 6.26 Å². The second-order valence-corrected chi connectivity index (χ2v) is 10.3. The van der Waals surface area contributed by atoms with Gasteiger partial charge in [-0.05, 0) is 45.7 Å². The van der Waals surface area contributed by atoms with Crippen molar-refractivity contribution < 1.29 is 22.5 Å². The van der Waals surface area contributed by atoms with Crippen LogP contribution in [-0.2, 0) is 10.0 Å². The predicted molar refractivity (Wildman–Crippen MR) is 106 cm³/mol. The number of hydrogen-bond donors (Lipinski definition) is 2. The number of amides is 2. The first-order chi connectivity index (χ1) is 13.2. The second kappa shape index (κ2) is 7.92. The molecular formula is C19H27N4O4S+. The maximum atomic E-state index is 12.5. The first-order valence-corrected chi connectivity index (χ1v) is 10.8. The first-order valence-electron chi connectivity index (χ1n) is 9.30. The van der Waals surface area contributed by atoms with Crippen LogP contribution in [0.4, 0.5) is 10.5 Å². The van der Waals surface area contributed by atoms with E-state index < -0.39 is 14.8 Å². The minimum atomic E-state index is -3.39. The smallest absolute Gasteiger partial charge is 0.321 e. The van der Waals surface area contributed by atoms with Crippen molar-refractivity contribution in [3.05, 3.63) is 42.8 Å². The Labute approximate surface area is 165 Å². The fraction of sp³-hybridized carbons (Fsp3) is 0.474. The van der Waals surface area contributed by atoms with E-state index in [0.717, 1.165) is 5.69 Å². The summed E-state index contributed by atoms with van der Waals surface area (Å²) < 4.78 is 33.4. The van der Waals surface area contributed by atoms with Gasteiger partial charge in [0.2, 0.25) is 16.2 Å². The quantitative estimate of drug-likeness (QED) is 0.760. The third kappa shape index (κ3) is 4.71. The Morgan fingerprint density at radius 1 is 1.18 bits per heavy atom. The zero-order valence-electron chi connectivity index (χ0n) is 16.4. The highest BCUT2D eigenvalue weighted by Crippen LogP contribution is 2.19. The van der Waals surface area contributed by atoms with Crippen LogP contribution in [0.1, 0.15) is 33.6 Å². The van der Waals surface area contributed by atoms with Gasteiger partial charge in [0.25, 0.3) is 5.69 Å². The topological polar surface area (TPSA) is 95.5 Å². The van der Waals surface area contributed by atoms with Crippen LogP contribution in [0, 0.1) is 0 Å². The van der Waals surface area contributed by atoms with Crippen LogP contribution in [0.15, 0.2) is 47.3 Å². The summed E-state index contributed by atoms with van der Waals surface area (Å²) in [7, 11) is -3.39. The van der Waals surface area contributed by atoms with Gasteiger partial charge in [-0.2, -0.15) is 0 Å². The molecule has 0 aliphatic carbocycles. The molecule has 2 N–H and O–H groups in total. The molecule has 1 aromatic heterocycles. The van der Waals surface area contributed by atoms with Crippen molar-refractivity contribution in [3.63, 3.8) is 0 Å². The van der Waals surface area contributed by atoms with Crippen molar-refractivity contribution in [1.29, 1.82) is 0 Å². The molecule has 8 nitrogen and oxygen atoms in total. The molecule has 152 valence electrons. The van der Waals surface area contributed by atoms with Crippen molar-refractivity contribution in [2.45, 2.75) is 44.4 Å². The Hall–Kier alpha value is -2.39. The summed E-state index contributed by atoms with van der Waals surface area (Å²) in [6.07, 6.45) is 4.57. The first kappa shape index (κ1) is 20.3. The molecule has 0 saturated carbocycles. The van der Waals surface area contributed by atoms with Crippen LogP contribution in [0.25, 0.3) is 5.69 Å². The van der Waals surface area contributed by atoms with Gasteiger partial charge in [-0.1, -0.05) is 0 Å². The third-order valence-corrected chi connectivity index (χ3v) is 7.01. The highest BCUT2D eigenvalue weighted by molar-refractivity contribution is 7.90. The summed E-state index contributed by atoms with van der Waals surface area (Å²) in [4.78, 5) is 14.2. The molecule has 28 heavy (non-hydrogen) atoms. The number of nitrogens with zero attached hydrogens (tertiary/aromatic N) is 2. The third-order valence-electron chi connectivity index (χ3n) is 4.76. The van der Waals surface area contributed by atoms with E-state index in [1.165, 1.54) is 0 Å². The average Bonchev–Trinajstić information content (AvgIpc) is 3.16. The van der Waals surface area contributed by atoms with Crippen molar-refractivity contribution in [3.8, 4) is 5.69 Å². The second-order valence-electron chi connectivity index (χ2n) is 7.88. The number of likely N-dealkylation sites (tertiary alicyclic amines) is 1. The number of piperidine rings is 1. The van der Waals surface area contributed by atoms with Gasteiger partial charge in [0.05, 0.1) is 4.75 Å². The molecular weight excluding hydrogens is 380 g/mol. The molecule has 0 unspecified atom stereocenters. The van der Waals surface area contributed by atoms with Crippen LogP contribution in [0.5, 0.6) is 0 Å². The van der Waals surface area contributed by atoms with E-state index >= 15 is 0 Å². The maximum Gasteiger partial charge on any atom is 0.321 e. The van der Waals surface area contributed by atoms with Crippen LogP contribution < -0.4 is 14.8 Å². The van der Waals surface area contributed by atoms with E-state index in [1.54, 1.807) is 48.9 Å². The number of sulfonamides is 1. The molecule has 1 aliphatic rings. The van der Waals surface area contributed by atoms with Gasteiger partial charge in [0.1, 0.15) is 0 Å². The van der Waals surface area contributed by atoms with Gasteiger partial charge in [-0.3, -0.25) is 0 Å². The highest BCUT2D eigenvalue weighted by Gasteiger charge is 2.33. The Morgan fingerprint density at radius 2 is 1.82 bits per heavy atom. The van der Waals surface area contributed by atoms with Gasteiger partial charge in [0, 0.05) is 47.8 Å². The molecule has 1 fully saturated rings. The summed E-state index contributed by atoms with van der Waals surface area (Å²) >= 11 is 0. The summed E-state index contributed by atoms with van der Waals surface area (Å²) in [5.41, 5.74) is 1.55. The lowest BCUT2D eigenvalue weighted by atomic mass is 10.1. The zero-order chi connectivity index (χ0) is 20.4. The van der Waals surface area contributed by atoms with E-state index in [0.29, 0.717) is 31.6 Å². The summed E-state index contributed by atoms with van der Waals surface area (Å²) in [6.45, 7) is 6.03. The number of aromatic nitrogens is 1. The average molecular weight is 408 g/mol. The molecule has 0 radical (unpaired) electrons. The monoisotopic (exact) mass is 407 g/mol. The number of urea groups is 1. The Kier molecular flexibility index (Phi) is 5.76. The molecule has 9 heteroatoms. The Morgan fingerprint density at radius 3 is 2.36 bits per heavy atom. The number of benzene rings is 1. The molecule has 0 spiro atoms. The minimum absolute atomic E-state index is 0.141. The van der Waals surface area contributed by atoms with Crippen molar-refractivity contribution in [2.75, 3.05) is 18.4 Å². The van der Waals surface area contributed by atoms with Crippen molar-refractivity contribution in [1.82, 2.24) is 9.62 Å². The minimum Gasteiger partial charge on any atom is -0.324 e. The fourth-order valence-corrected chi connectivity index (χ4v) is 3.91. The fourth-order valence-electron chi connectivity index (χ4n) is 2.89. The molecule has 2 heterocycles. The standard InChI is InChI=1S/C19H26N4O4S/c1-19(2,3)28(25,26)21-16-9-12-22(13-10-16)18(24)20-15-5-7-17(8-6-15)23-11-4-14-27-23/h4-8,11,14,16,21H,9-10,12-13H2,1-3H3/p+1. The molecule has 0 atom stereocenters. The molecule has 1 aromatic carbocycles. The summed E-state index contributed by atoms with van der Waals surface area (Å²) in [5.74, 6) is 0. The van der Waals surface area contributed by atoms with Gasteiger partial charge in [-0.25, -0.2) is 22.5 Å². The van der Waals surface area contributed by atoms with Crippen molar-refractivity contribution in [2.24, 2.45) is 0 Å². The Balaban J connectivity index is 1.51. The molecule has 2 aromatic rings. The molecule has 1 saturated heterocycles. The summed E-state index contributed by atoms with van der Waals surface area (Å²) in [6, 6.07) is 8.80. The zero-order valence-corrected chi connectivity index (χ0v) is 17.2. The normalized spacial score (nSPS) is 16.2. The molecule has 2 amide bonds. The lowest BCUT2D eigenvalue weighted by Crippen LogP contribution is -2.50. The number of anilines is 1. The van der Waals surface area contributed by atoms with Crippen LogP contribution in [0.2, 0.25) is 0 Å². The SMILES string of the molecule is CC(C)(C)S(=O)(=O)NC1CCN(C(=O)Nc2ccc(-[n+]3ccco3)cc2)CC1. The van der Waals surface area contributed by atoms with E-state index in [-0.39, 0.29) is 12.1 Å². The number of nitrogens with one attached hydrogen (secondary N) is 2. The van der Waals surface area contributed by atoms with Crippen molar-refractivity contribution >= 4 is 21.7 Å². The van der Waals surface area contributed by atoms with Crippen LogP contribution in [-0.4, -0.2) is 43.2 Å². The van der Waals surface area contributed by atoms with E-state index in [2.05, 4.69) is 10.0 Å². The number of carbonyl (C=O) groups is 1. The van der Waals surface area contributed by atoms with Gasteiger partial charge in [-0.15, -0.1) is 0 Å². The predicted octanol–water partition coefficient (Wildman–Crippen LogP) is 2.27. The lowest BCUT2D eigenvalue weighted by molar-refractivity contribution is -0.784. The van der Waals surface area contributed by atoms with E-state index in [9.17, 15) is 13.2 Å². The largest absolute Gasteiger partial charge is 0.324 e. The van der Waals surface area contributed by atoms with E-state index in [4.69, 9.17) is 4.52 Å². The van der Waals surface area contributed by atoms with Gasteiger partial charge < -0.3 is 10.2 Å². The number of rotatable bonds is 4. The molecule has 3 rings (SSSR count). The number of carbonyl (C=O) groups excluding carboxylic acids is 1. The highest BCUT2D eigenvalue weighted by atomic mass is 32.2. The molecule has 1 aliphatic heterocycles. The molecule has 0 bridgehead atoms. The van der Waals surface area contributed by atoms with Gasteiger partial charge >= 0.3 is 6.03 Å². The summed E-state index contributed by atoms with van der Waals surface area (Å²) in [5, 5.41) is 2.88. The van der Waals surface area contributed by atoms with Crippen LogP contribution >= 0.6 is 0 Å². The Bertz CT molecular complexity index is 894. The lowest BCUT2D eigenvalue weighted by Gasteiger charge is -2.33. The van der Waals surface area contributed by atoms with Crippen LogP contribution in [0.3, 0.4) is 0 Å². The maximum absolute atomic E-state index is 12.5.